The van der Waals surface area contributed by atoms with Crippen LogP contribution >= 0.6 is 0 Å². The fourth-order valence-electron chi connectivity index (χ4n) is 1.98. The molecule has 0 radical (unpaired) electrons. The van der Waals surface area contributed by atoms with Gasteiger partial charge < -0.3 is 20.8 Å². The first-order chi connectivity index (χ1) is 7.88. The Morgan fingerprint density at radius 2 is 2.12 bits per heavy atom. The molecular weight excluding hydrogens is 224 g/mol. The Morgan fingerprint density at radius 1 is 1.53 bits per heavy atom. The summed E-state index contributed by atoms with van der Waals surface area (Å²) in [7, 11) is 0. The molecule has 0 saturated carbocycles. The lowest BCUT2D eigenvalue weighted by atomic mass is 9.98. The van der Waals surface area contributed by atoms with E-state index in [1.165, 1.54) is 4.90 Å². The molecule has 4 atom stereocenters. The standard InChI is InChI=1S/C11H20N2O4/c1-3-6(2)9(12)10(15)13-5-7(14)4-8(13)11(16)17/h6-9,14H,3-5,12H2,1-2H3,(H,16,17). The molecule has 1 fully saturated rings. The minimum atomic E-state index is -1.09. The quantitative estimate of drug-likeness (QED) is 0.613. The maximum absolute atomic E-state index is 12.0. The van der Waals surface area contributed by atoms with Gasteiger partial charge in [0.25, 0.3) is 0 Å². The van der Waals surface area contributed by atoms with Crippen molar-refractivity contribution in [2.45, 2.75) is 44.9 Å². The number of carbonyl (C=O) groups excluding carboxylic acids is 1. The highest BCUT2D eigenvalue weighted by Crippen LogP contribution is 2.20. The molecule has 6 heteroatoms. The van der Waals surface area contributed by atoms with Crippen LogP contribution in [0.3, 0.4) is 0 Å². The summed E-state index contributed by atoms with van der Waals surface area (Å²) in [5.74, 6) is -1.48. The van der Waals surface area contributed by atoms with Crippen LogP contribution in [0, 0.1) is 5.92 Å². The maximum atomic E-state index is 12.0. The summed E-state index contributed by atoms with van der Waals surface area (Å²) >= 11 is 0. The molecular formula is C11H20N2O4. The summed E-state index contributed by atoms with van der Waals surface area (Å²) in [6.45, 7) is 3.83. The lowest BCUT2D eigenvalue weighted by Crippen LogP contribution is -2.50. The molecule has 0 aliphatic carbocycles. The topological polar surface area (TPSA) is 104 Å². The Bertz CT molecular complexity index is 308. The molecule has 1 aliphatic heterocycles. The number of hydrogen-bond acceptors (Lipinski definition) is 4. The van der Waals surface area contributed by atoms with Crippen molar-refractivity contribution in [2.24, 2.45) is 11.7 Å². The van der Waals surface area contributed by atoms with Gasteiger partial charge in [-0.05, 0) is 5.92 Å². The van der Waals surface area contributed by atoms with E-state index in [0.717, 1.165) is 6.42 Å². The molecule has 1 saturated heterocycles. The van der Waals surface area contributed by atoms with E-state index in [1.54, 1.807) is 0 Å². The van der Waals surface area contributed by atoms with Gasteiger partial charge in [0.05, 0.1) is 12.1 Å². The Kier molecular flexibility index (Phi) is 4.47. The third kappa shape index (κ3) is 2.95. The van der Waals surface area contributed by atoms with Crippen molar-refractivity contribution in [3.05, 3.63) is 0 Å². The molecule has 98 valence electrons. The molecule has 0 aromatic rings. The Balaban J connectivity index is 2.77. The molecule has 1 heterocycles. The number of nitrogens with zero attached hydrogens (tertiary/aromatic N) is 1. The van der Waals surface area contributed by atoms with E-state index in [2.05, 4.69) is 0 Å². The number of carboxylic acid groups (broad SMARTS) is 1. The number of nitrogens with two attached hydrogens (primary N) is 1. The Hall–Kier alpha value is -1.14. The average Bonchev–Trinajstić information content (AvgIpc) is 2.68. The highest BCUT2D eigenvalue weighted by Gasteiger charge is 2.41. The zero-order valence-corrected chi connectivity index (χ0v) is 10.2. The number of hydrogen-bond donors (Lipinski definition) is 3. The van der Waals surface area contributed by atoms with Crippen LogP contribution < -0.4 is 5.73 Å². The summed E-state index contributed by atoms with van der Waals surface area (Å²) in [5.41, 5.74) is 5.79. The highest BCUT2D eigenvalue weighted by molar-refractivity contribution is 5.87. The average molecular weight is 244 g/mol. The van der Waals surface area contributed by atoms with Crippen LogP contribution in [0.5, 0.6) is 0 Å². The Labute approximate surface area is 100 Å². The molecule has 1 amide bonds. The summed E-state index contributed by atoms with van der Waals surface area (Å²) in [6, 6.07) is -1.65. The molecule has 0 bridgehead atoms. The number of amides is 1. The Morgan fingerprint density at radius 3 is 2.59 bits per heavy atom. The second kappa shape index (κ2) is 5.46. The number of aliphatic hydroxyl groups excluding tert-OH is 1. The van der Waals surface area contributed by atoms with Crippen molar-refractivity contribution >= 4 is 11.9 Å². The second-order valence-corrected chi connectivity index (χ2v) is 4.65. The van der Waals surface area contributed by atoms with E-state index in [9.17, 15) is 14.7 Å². The summed E-state index contributed by atoms with van der Waals surface area (Å²) < 4.78 is 0. The summed E-state index contributed by atoms with van der Waals surface area (Å²) in [6.07, 6.45) is 0.0548. The number of carbonyl (C=O) groups is 2. The van der Waals surface area contributed by atoms with E-state index < -0.39 is 24.2 Å². The summed E-state index contributed by atoms with van der Waals surface area (Å²) in [5, 5.41) is 18.4. The number of β-amino-alcohol motifs (C(OH)–C–C–N with tert-alkyl or cyclic N) is 1. The number of likely N-dealkylation sites (tertiary alicyclic amines) is 1. The molecule has 17 heavy (non-hydrogen) atoms. The third-order valence-corrected chi connectivity index (χ3v) is 3.39. The van der Waals surface area contributed by atoms with Gasteiger partial charge >= 0.3 is 5.97 Å². The number of rotatable bonds is 4. The largest absolute Gasteiger partial charge is 0.480 e. The van der Waals surface area contributed by atoms with E-state index in [1.807, 2.05) is 13.8 Å². The number of aliphatic carboxylic acids is 1. The molecule has 0 spiro atoms. The number of carboxylic acids is 1. The minimum absolute atomic E-state index is 0.00492. The normalized spacial score (nSPS) is 27.9. The summed E-state index contributed by atoms with van der Waals surface area (Å²) in [4.78, 5) is 24.2. The molecule has 4 unspecified atom stereocenters. The van der Waals surface area contributed by atoms with Crippen molar-refractivity contribution in [3.63, 3.8) is 0 Å². The predicted molar refractivity (Wildman–Crippen MR) is 61.2 cm³/mol. The van der Waals surface area contributed by atoms with Crippen molar-refractivity contribution < 1.29 is 19.8 Å². The van der Waals surface area contributed by atoms with Crippen LogP contribution in [0.4, 0.5) is 0 Å². The van der Waals surface area contributed by atoms with Crippen LogP contribution in [0.1, 0.15) is 26.7 Å². The van der Waals surface area contributed by atoms with Crippen LogP contribution in [-0.2, 0) is 9.59 Å². The van der Waals surface area contributed by atoms with E-state index in [4.69, 9.17) is 10.8 Å². The maximum Gasteiger partial charge on any atom is 0.326 e. The van der Waals surface area contributed by atoms with Crippen molar-refractivity contribution in [1.82, 2.24) is 4.90 Å². The van der Waals surface area contributed by atoms with Gasteiger partial charge in [0, 0.05) is 13.0 Å². The first kappa shape index (κ1) is 13.9. The lowest BCUT2D eigenvalue weighted by molar-refractivity contribution is -0.149. The van der Waals surface area contributed by atoms with Gasteiger partial charge in [0.15, 0.2) is 0 Å². The van der Waals surface area contributed by atoms with E-state index in [-0.39, 0.29) is 24.8 Å². The van der Waals surface area contributed by atoms with Gasteiger partial charge in [-0.25, -0.2) is 4.79 Å². The predicted octanol–water partition coefficient (Wildman–Crippen LogP) is -0.594. The fraction of sp³-hybridized carbons (Fsp3) is 0.818. The van der Waals surface area contributed by atoms with Gasteiger partial charge in [-0.15, -0.1) is 0 Å². The van der Waals surface area contributed by atoms with Gasteiger partial charge in [0.1, 0.15) is 6.04 Å². The van der Waals surface area contributed by atoms with Crippen molar-refractivity contribution in [3.8, 4) is 0 Å². The third-order valence-electron chi connectivity index (χ3n) is 3.39. The van der Waals surface area contributed by atoms with Crippen LogP contribution in [-0.4, -0.2) is 51.7 Å². The lowest BCUT2D eigenvalue weighted by Gasteiger charge is -2.27. The zero-order valence-electron chi connectivity index (χ0n) is 10.2. The van der Waals surface area contributed by atoms with E-state index >= 15 is 0 Å². The molecule has 1 rings (SSSR count). The number of aliphatic hydroxyl groups is 1. The molecule has 4 N–H and O–H groups in total. The van der Waals surface area contributed by atoms with Crippen LogP contribution in [0.15, 0.2) is 0 Å². The smallest absolute Gasteiger partial charge is 0.326 e. The SMILES string of the molecule is CCC(C)C(N)C(=O)N1CC(O)CC1C(=O)O. The molecule has 0 aromatic heterocycles. The van der Waals surface area contributed by atoms with E-state index in [0.29, 0.717) is 0 Å². The first-order valence-corrected chi connectivity index (χ1v) is 5.85. The van der Waals surface area contributed by atoms with Gasteiger partial charge in [-0.2, -0.15) is 0 Å². The van der Waals surface area contributed by atoms with Crippen LogP contribution in [0.25, 0.3) is 0 Å². The monoisotopic (exact) mass is 244 g/mol. The minimum Gasteiger partial charge on any atom is -0.480 e. The first-order valence-electron chi connectivity index (χ1n) is 5.85. The van der Waals surface area contributed by atoms with Crippen molar-refractivity contribution in [1.29, 1.82) is 0 Å². The van der Waals surface area contributed by atoms with Gasteiger partial charge in [-0.1, -0.05) is 20.3 Å². The van der Waals surface area contributed by atoms with Gasteiger partial charge in [-0.3, -0.25) is 4.79 Å². The van der Waals surface area contributed by atoms with Crippen LogP contribution in [0.2, 0.25) is 0 Å². The zero-order chi connectivity index (χ0) is 13.2. The van der Waals surface area contributed by atoms with Crippen molar-refractivity contribution in [2.75, 3.05) is 6.54 Å². The highest BCUT2D eigenvalue weighted by atomic mass is 16.4. The molecule has 1 aliphatic rings. The van der Waals surface area contributed by atoms with Gasteiger partial charge in [0.2, 0.25) is 5.91 Å². The molecule has 6 nitrogen and oxygen atoms in total. The molecule has 0 aromatic carbocycles. The second-order valence-electron chi connectivity index (χ2n) is 4.65. The fourth-order valence-corrected chi connectivity index (χ4v) is 1.98.